The van der Waals surface area contributed by atoms with E-state index in [0.717, 1.165) is 9.21 Å². The maximum Gasteiger partial charge on any atom is 0.282 e. The second-order valence-electron chi connectivity index (χ2n) is 6.90. The van der Waals surface area contributed by atoms with Crippen molar-refractivity contribution in [3.8, 4) is 0 Å². The molecule has 1 aromatic heterocycles. The van der Waals surface area contributed by atoms with E-state index in [9.17, 15) is 26.4 Å². The normalized spacial score (nSPS) is 16.2. The fraction of sp³-hybridized carbons (Fsp3) is 0.278. The van der Waals surface area contributed by atoms with Crippen molar-refractivity contribution in [3.05, 3.63) is 64.2 Å². The molecule has 30 heavy (non-hydrogen) atoms. The molecule has 1 aliphatic rings. The van der Waals surface area contributed by atoms with Crippen LogP contribution in [-0.4, -0.2) is 53.9 Å². The molecule has 12 heteroatoms. The van der Waals surface area contributed by atoms with Crippen molar-refractivity contribution in [3.63, 3.8) is 0 Å². The molecule has 2 heterocycles. The second-order valence-corrected chi connectivity index (χ2v) is 8.80. The van der Waals surface area contributed by atoms with Crippen molar-refractivity contribution >= 4 is 20.9 Å². The van der Waals surface area contributed by atoms with Crippen LogP contribution in [0, 0.1) is 17.5 Å². The lowest BCUT2D eigenvalue weighted by atomic mass is 10.2. The number of quaternary nitrogens is 1. The van der Waals surface area contributed by atoms with Crippen LogP contribution < -0.4 is 10.5 Å². The lowest BCUT2D eigenvalue weighted by Crippen LogP contribution is -3.14. The first-order valence-electron chi connectivity index (χ1n) is 9.09. The van der Waals surface area contributed by atoms with Crippen molar-refractivity contribution in [1.29, 1.82) is 0 Å². The van der Waals surface area contributed by atoms with Crippen molar-refractivity contribution in [2.75, 3.05) is 26.2 Å². The minimum absolute atomic E-state index is 0.0197. The molecule has 1 aliphatic heterocycles. The Morgan fingerprint density at radius 1 is 1.00 bits per heavy atom. The van der Waals surface area contributed by atoms with Gasteiger partial charge in [0, 0.05) is 0 Å². The Hall–Kier alpha value is -2.83. The zero-order valence-corrected chi connectivity index (χ0v) is 16.4. The van der Waals surface area contributed by atoms with Gasteiger partial charge in [-0.2, -0.15) is 8.99 Å². The van der Waals surface area contributed by atoms with Gasteiger partial charge in [0.1, 0.15) is 10.4 Å². The van der Waals surface area contributed by atoms with Crippen molar-refractivity contribution < 1.29 is 26.5 Å². The number of halogens is 3. The molecular formula is C18H17F3N5O3S+. The molecule has 1 fully saturated rings. The lowest BCUT2D eigenvalue weighted by molar-refractivity contribution is -0.927. The van der Waals surface area contributed by atoms with E-state index in [0.29, 0.717) is 36.1 Å². The zero-order valence-electron chi connectivity index (χ0n) is 15.6. The average molecular weight is 440 g/mol. The predicted octanol–water partition coefficient (Wildman–Crippen LogP) is -0.244. The van der Waals surface area contributed by atoms with Crippen LogP contribution in [0.5, 0.6) is 0 Å². The minimum Gasteiger partial charge on any atom is -0.314 e. The summed E-state index contributed by atoms with van der Waals surface area (Å²) in [6, 6.07) is 8.11. The van der Waals surface area contributed by atoms with E-state index in [1.54, 1.807) is 24.3 Å². The summed E-state index contributed by atoms with van der Waals surface area (Å²) in [6.45, 7) is 0.846. The summed E-state index contributed by atoms with van der Waals surface area (Å²) in [4.78, 5) is 12.5. The number of piperazine rings is 1. The smallest absolute Gasteiger partial charge is 0.282 e. The van der Waals surface area contributed by atoms with Crippen molar-refractivity contribution in [2.24, 2.45) is 0 Å². The summed E-state index contributed by atoms with van der Waals surface area (Å²) in [6.07, 6.45) is 0. The van der Waals surface area contributed by atoms with E-state index < -0.39 is 32.4 Å². The molecule has 0 amide bonds. The fourth-order valence-electron chi connectivity index (χ4n) is 3.39. The van der Waals surface area contributed by atoms with Crippen LogP contribution in [0.25, 0.3) is 10.9 Å². The Kier molecular flexibility index (Phi) is 5.30. The number of rotatable bonds is 4. The van der Waals surface area contributed by atoms with Crippen LogP contribution in [0.3, 0.4) is 0 Å². The average Bonchev–Trinajstić information content (AvgIpc) is 2.74. The van der Waals surface area contributed by atoms with Crippen LogP contribution in [0.1, 0.15) is 0 Å². The van der Waals surface area contributed by atoms with Gasteiger partial charge in [0.15, 0.2) is 24.1 Å². The standard InChI is InChI=1S/C18H16F3N5O3S/c19-13-5-6-15(17(21)16(13)20)30(28,29)25-9-7-24(8-10-25)11-26-18(27)12-3-1-2-4-14(12)22-23-26/h1-6H,7-11H2/p+1. The van der Waals surface area contributed by atoms with Gasteiger partial charge in [0.2, 0.25) is 10.0 Å². The topological polar surface area (TPSA) is 89.6 Å². The van der Waals surface area contributed by atoms with Gasteiger partial charge in [0.05, 0.1) is 31.6 Å². The van der Waals surface area contributed by atoms with Gasteiger partial charge < -0.3 is 4.90 Å². The fourth-order valence-corrected chi connectivity index (χ4v) is 4.88. The monoisotopic (exact) mass is 440 g/mol. The summed E-state index contributed by atoms with van der Waals surface area (Å²) < 4.78 is 68.1. The van der Waals surface area contributed by atoms with Crippen LogP contribution in [0.15, 0.2) is 46.1 Å². The first kappa shape index (κ1) is 20.4. The molecular weight excluding hydrogens is 423 g/mol. The number of nitrogens with zero attached hydrogens (tertiary/aromatic N) is 4. The maximum absolute atomic E-state index is 14.0. The van der Waals surface area contributed by atoms with Crippen molar-refractivity contribution in [1.82, 2.24) is 19.3 Å². The Morgan fingerprint density at radius 3 is 2.43 bits per heavy atom. The largest absolute Gasteiger partial charge is 0.314 e. The van der Waals surface area contributed by atoms with Crippen LogP contribution in [-0.2, 0) is 16.7 Å². The summed E-state index contributed by atoms with van der Waals surface area (Å²) >= 11 is 0. The highest BCUT2D eigenvalue weighted by atomic mass is 32.2. The van der Waals surface area contributed by atoms with Crippen LogP contribution >= 0.6 is 0 Å². The molecule has 0 spiro atoms. The van der Waals surface area contributed by atoms with Gasteiger partial charge in [-0.15, -0.1) is 5.10 Å². The minimum atomic E-state index is -4.32. The van der Waals surface area contributed by atoms with Gasteiger partial charge in [-0.1, -0.05) is 17.3 Å². The molecule has 0 saturated carbocycles. The van der Waals surface area contributed by atoms with E-state index in [2.05, 4.69) is 10.3 Å². The zero-order chi connectivity index (χ0) is 21.5. The molecule has 158 valence electrons. The van der Waals surface area contributed by atoms with Gasteiger partial charge in [-0.3, -0.25) is 4.79 Å². The van der Waals surface area contributed by atoms with Crippen molar-refractivity contribution in [2.45, 2.75) is 11.6 Å². The van der Waals surface area contributed by atoms with E-state index in [-0.39, 0.29) is 25.3 Å². The maximum atomic E-state index is 14.0. The molecule has 0 atom stereocenters. The number of nitrogens with one attached hydrogen (secondary N) is 1. The molecule has 0 unspecified atom stereocenters. The summed E-state index contributed by atoms with van der Waals surface area (Å²) in [5.74, 6) is -5.01. The second kappa shape index (κ2) is 7.78. The molecule has 1 N–H and O–H groups in total. The molecule has 0 bridgehead atoms. The van der Waals surface area contributed by atoms with Gasteiger partial charge in [-0.05, 0) is 24.3 Å². The molecule has 2 aromatic carbocycles. The van der Waals surface area contributed by atoms with Gasteiger partial charge in [0.25, 0.3) is 5.56 Å². The van der Waals surface area contributed by atoms with E-state index in [4.69, 9.17) is 0 Å². The number of fused-ring (bicyclic) bond motifs is 1. The number of sulfonamides is 1. The highest BCUT2D eigenvalue weighted by Crippen LogP contribution is 2.23. The third-order valence-electron chi connectivity index (χ3n) is 5.05. The predicted molar refractivity (Wildman–Crippen MR) is 99.6 cm³/mol. The van der Waals surface area contributed by atoms with Crippen LogP contribution in [0.4, 0.5) is 13.2 Å². The Labute approximate surface area is 169 Å². The third-order valence-corrected chi connectivity index (χ3v) is 6.97. The number of aromatic nitrogens is 3. The first-order valence-corrected chi connectivity index (χ1v) is 10.5. The highest BCUT2D eigenvalue weighted by Gasteiger charge is 2.34. The summed E-state index contributed by atoms with van der Waals surface area (Å²) in [5.41, 5.74) is 0.185. The SMILES string of the molecule is O=c1c2ccccc2nnn1C[NH+]1CCN(S(=O)(=O)c2ccc(F)c(F)c2F)CC1. The molecule has 3 aromatic rings. The third kappa shape index (κ3) is 3.57. The summed E-state index contributed by atoms with van der Waals surface area (Å²) in [7, 11) is -4.32. The molecule has 8 nitrogen and oxygen atoms in total. The highest BCUT2D eigenvalue weighted by molar-refractivity contribution is 7.89. The number of hydrogen-bond donors (Lipinski definition) is 1. The molecule has 1 saturated heterocycles. The van der Waals surface area contributed by atoms with Crippen LogP contribution in [0.2, 0.25) is 0 Å². The summed E-state index contributed by atoms with van der Waals surface area (Å²) in [5, 5.41) is 8.36. The van der Waals surface area contributed by atoms with Gasteiger partial charge >= 0.3 is 0 Å². The van der Waals surface area contributed by atoms with E-state index >= 15 is 0 Å². The lowest BCUT2D eigenvalue weighted by Gasteiger charge is -2.31. The molecule has 0 aliphatic carbocycles. The van der Waals surface area contributed by atoms with E-state index in [1.807, 2.05) is 0 Å². The Balaban J connectivity index is 1.49. The Bertz CT molecular complexity index is 1270. The Morgan fingerprint density at radius 2 is 1.70 bits per heavy atom. The number of hydrogen-bond acceptors (Lipinski definition) is 5. The quantitative estimate of drug-likeness (QED) is 0.566. The molecule has 4 rings (SSSR count). The first-order chi connectivity index (χ1) is 14.3. The number of benzene rings is 2. The van der Waals surface area contributed by atoms with E-state index in [1.165, 1.54) is 4.68 Å². The van der Waals surface area contributed by atoms with Gasteiger partial charge in [-0.25, -0.2) is 21.6 Å². The molecule has 0 radical (unpaired) electrons.